The van der Waals surface area contributed by atoms with Crippen LogP contribution >= 0.6 is 0 Å². The van der Waals surface area contributed by atoms with Gasteiger partial charge in [0.1, 0.15) is 9.84 Å². The predicted molar refractivity (Wildman–Crippen MR) is 105 cm³/mol. The van der Waals surface area contributed by atoms with Crippen molar-refractivity contribution in [2.24, 2.45) is 4.99 Å². The first-order valence-corrected chi connectivity index (χ1v) is 10.6. The van der Waals surface area contributed by atoms with Crippen LogP contribution in [0.5, 0.6) is 0 Å². The number of nitrogens with one attached hydrogen (secondary N) is 2. The summed E-state index contributed by atoms with van der Waals surface area (Å²) in [4.78, 5) is 8.23. The summed E-state index contributed by atoms with van der Waals surface area (Å²) < 4.78 is 24.5. The molecule has 0 bridgehead atoms. The quantitative estimate of drug-likeness (QED) is 0.537. The predicted octanol–water partition coefficient (Wildman–Crippen LogP) is 1.42. The lowest BCUT2D eigenvalue weighted by molar-refractivity contribution is 0.581. The summed E-state index contributed by atoms with van der Waals surface area (Å²) >= 11 is 0. The first-order valence-electron chi connectivity index (χ1n) is 8.54. The van der Waals surface area contributed by atoms with E-state index in [1.165, 1.54) is 11.8 Å². The van der Waals surface area contributed by atoms with E-state index in [1.54, 1.807) is 19.6 Å². The summed E-state index contributed by atoms with van der Waals surface area (Å²) in [5, 5.41) is 6.47. The molecule has 0 aliphatic carbocycles. The zero-order chi connectivity index (χ0) is 19.0. The Morgan fingerprint density at radius 3 is 2.54 bits per heavy atom. The van der Waals surface area contributed by atoms with E-state index in [-0.39, 0.29) is 11.8 Å². The minimum atomic E-state index is -2.95. The van der Waals surface area contributed by atoms with Crippen LogP contribution in [0, 0.1) is 0 Å². The lowest BCUT2D eigenvalue weighted by atomic mass is 10.1. The maximum absolute atomic E-state index is 11.3. The summed E-state index contributed by atoms with van der Waals surface area (Å²) in [5.41, 5.74) is 2.36. The van der Waals surface area contributed by atoms with Crippen molar-refractivity contribution in [2.45, 2.75) is 32.5 Å². The number of hydrogen-bond acceptors (Lipinski definition) is 4. The SMILES string of the molecule is CN=C(NCc1ccc(Cn2ccnc2)cc1)NC(C)CCS(C)(=O)=O. The Labute approximate surface area is 155 Å². The molecule has 1 aromatic carbocycles. The van der Waals surface area contributed by atoms with E-state index < -0.39 is 9.84 Å². The van der Waals surface area contributed by atoms with E-state index in [0.29, 0.717) is 18.9 Å². The van der Waals surface area contributed by atoms with Crippen LogP contribution in [0.3, 0.4) is 0 Å². The number of aliphatic imine (C=N–C) groups is 1. The average molecular weight is 378 g/mol. The lowest BCUT2D eigenvalue weighted by Gasteiger charge is -2.17. The third-order valence-corrected chi connectivity index (χ3v) is 4.91. The molecule has 0 saturated carbocycles. The zero-order valence-electron chi connectivity index (χ0n) is 15.5. The fourth-order valence-electron chi connectivity index (χ4n) is 2.43. The summed E-state index contributed by atoms with van der Waals surface area (Å²) in [7, 11) is -1.24. The van der Waals surface area contributed by atoms with Crippen molar-refractivity contribution in [1.82, 2.24) is 20.2 Å². The fraction of sp³-hybridized carbons (Fsp3) is 0.444. The van der Waals surface area contributed by atoms with Crippen molar-refractivity contribution in [1.29, 1.82) is 0 Å². The van der Waals surface area contributed by atoms with Gasteiger partial charge in [-0.05, 0) is 24.5 Å². The van der Waals surface area contributed by atoms with Crippen LogP contribution in [0.4, 0.5) is 0 Å². The molecule has 2 N–H and O–H groups in total. The van der Waals surface area contributed by atoms with Gasteiger partial charge in [0, 0.05) is 44.8 Å². The van der Waals surface area contributed by atoms with Crippen molar-refractivity contribution in [3.8, 4) is 0 Å². The molecule has 1 unspecified atom stereocenters. The molecule has 0 spiro atoms. The number of imidazole rings is 1. The van der Waals surface area contributed by atoms with Gasteiger partial charge >= 0.3 is 0 Å². The van der Waals surface area contributed by atoms with Crippen LogP contribution < -0.4 is 10.6 Å². The summed E-state index contributed by atoms with van der Waals surface area (Å²) in [5.74, 6) is 0.824. The van der Waals surface area contributed by atoms with Gasteiger partial charge in [-0.2, -0.15) is 0 Å². The van der Waals surface area contributed by atoms with Crippen LogP contribution in [0.15, 0.2) is 48.0 Å². The first kappa shape index (κ1) is 20.0. The molecule has 0 saturated heterocycles. The van der Waals surface area contributed by atoms with E-state index in [2.05, 4.69) is 44.9 Å². The highest BCUT2D eigenvalue weighted by atomic mass is 32.2. The van der Waals surface area contributed by atoms with Crippen LogP contribution in [-0.4, -0.2) is 49.0 Å². The van der Waals surface area contributed by atoms with Crippen molar-refractivity contribution >= 4 is 15.8 Å². The highest BCUT2D eigenvalue weighted by molar-refractivity contribution is 7.90. The van der Waals surface area contributed by atoms with Gasteiger partial charge in [-0.25, -0.2) is 13.4 Å². The van der Waals surface area contributed by atoms with Gasteiger partial charge in [0.15, 0.2) is 5.96 Å². The topological polar surface area (TPSA) is 88.4 Å². The summed E-state index contributed by atoms with van der Waals surface area (Å²) in [6, 6.07) is 8.39. The smallest absolute Gasteiger partial charge is 0.191 e. The minimum absolute atomic E-state index is 0.0217. The highest BCUT2D eigenvalue weighted by Crippen LogP contribution is 2.06. The Morgan fingerprint density at radius 1 is 1.27 bits per heavy atom. The number of benzene rings is 1. The molecule has 2 rings (SSSR count). The fourth-order valence-corrected chi connectivity index (χ4v) is 3.21. The summed E-state index contributed by atoms with van der Waals surface area (Å²) in [6.07, 6.45) is 7.31. The number of sulfone groups is 1. The Hall–Kier alpha value is -2.35. The molecule has 8 heteroatoms. The van der Waals surface area contributed by atoms with Crippen LogP contribution in [0.25, 0.3) is 0 Å². The lowest BCUT2D eigenvalue weighted by Crippen LogP contribution is -2.42. The second-order valence-corrected chi connectivity index (χ2v) is 8.70. The zero-order valence-corrected chi connectivity index (χ0v) is 16.3. The van der Waals surface area contributed by atoms with Crippen LogP contribution in [-0.2, 0) is 22.9 Å². The van der Waals surface area contributed by atoms with Crippen molar-refractivity contribution in [3.63, 3.8) is 0 Å². The number of aromatic nitrogens is 2. The third-order valence-electron chi connectivity index (χ3n) is 3.94. The van der Waals surface area contributed by atoms with Gasteiger partial charge in [0.25, 0.3) is 0 Å². The van der Waals surface area contributed by atoms with E-state index in [1.807, 2.05) is 17.7 Å². The van der Waals surface area contributed by atoms with Gasteiger partial charge in [-0.3, -0.25) is 4.99 Å². The van der Waals surface area contributed by atoms with Gasteiger partial charge in [0.05, 0.1) is 12.1 Å². The van der Waals surface area contributed by atoms with Crippen molar-refractivity contribution in [2.75, 3.05) is 19.1 Å². The molecular formula is C18H27N5O2S. The van der Waals surface area contributed by atoms with E-state index in [9.17, 15) is 8.42 Å². The van der Waals surface area contributed by atoms with Crippen molar-refractivity contribution < 1.29 is 8.42 Å². The van der Waals surface area contributed by atoms with E-state index in [0.717, 1.165) is 12.1 Å². The molecule has 0 radical (unpaired) electrons. The molecular weight excluding hydrogens is 350 g/mol. The van der Waals surface area contributed by atoms with Gasteiger partial charge in [0.2, 0.25) is 0 Å². The van der Waals surface area contributed by atoms with Crippen LogP contribution in [0.1, 0.15) is 24.5 Å². The maximum atomic E-state index is 11.3. The van der Waals surface area contributed by atoms with Gasteiger partial charge in [-0.1, -0.05) is 24.3 Å². The molecule has 0 aliphatic heterocycles. The number of guanidine groups is 1. The standard InChI is InChI=1S/C18H27N5O2S/c1-15(8-11-26(3,24)25)22-18(19-2)21-12-16-4-6-17(7-5-16)13-23-10-9-20-14-23/h4-7,9-10,14-15H,8,11-13H2,1-3H3,(H2,19,21,22). The van der Waals surface area contributed by atoms with E-state index >= 15 is 0 Å². The molecule has 2 aromatic rings. The molecule has 142 valence electrons. The van der Waals surface area contributed by atoms with Gasteiger partial charge in [-0.15, -0.1) is 0 Å². The monoisotopic (exact) mass is 377 g/mol. The Kier molecular flexibility index (Phi) is 7.20. The second-order valence-electron chi connectivity index (χ2n) is 6.44. The normalized spacial score (nSPS) is 13.4. The average Bonchev–Trinajstić information content (AvgIpc) is 3.10. The maximum Gasteiger partial charge on any atom is 0.191 e. The second kappa shape index (κ2) is 9.38. The number of nitrogens with zero attached hydrogens (tertiary/aromatic N) is 3. The molecule has 0 aliphatic rings. The Balaban J connectivity index is 1.80. The molecule has 0 amide bonds. The highest BCUT2D eigenvalue weighted by Gasteiger charge is 2.09. The molecule has 7 nitrogen and oxygen atoms in total. The van der Waals surface area contributed by atoms with Crippen LogP contribution in [0.2, 0.25) is 0 Å². The number of hydrogen-bond donors (Lipinski definition) is 2. The molecule has 1 aromatic heterocycles. The molecule has 1 heterocycles. The largest absolute Gasteiger partial charge is 0.354 e. The minimum Gasteiger partial charge on any atom is -0.354 e. The molecule has 26 heavy (non-hydrogen) atoms. The Bertz CT molecular complexity index is 799. The van der Waals surface area contributed by atoms with Gasteiger partial charge < -0.3 is 15.2 Å². The Morgan fingerprint density at radius 2 is 1.96 bits per heavy atom. The molecule has 0 fully saturated rings. The van der Waals surface area contributed by atoms with E-state index in [4.69, 9.17) is 0 Å². The molecule has 1 atom stereocenters. The first-order chi connectivity index (χ1) is 12.4. The summed E-state index contributed by atoms with van der Waals surface area (Å²) in [6.45, 7) is 3.39. The number of rotatable bonds is 8. The van der Waals surface area contributed by atoms with Crippen molar-refractivity contribution in [3.05, 3.63) is 54.1 Å². The third kappa shape index (κ3) is 7.26.